The van der Waals surface area contributed by atoms with E-state index in [1.165, 1.54) is 0 Å². The van der Waals surface area contributed by atoms with Crippen molar-refractivity contribution in [2.24, 2.45) is 5.73 Å². The van der Waals surface area contributed by atoms with Crippen molar-refractivity contribution in [3.05, 3.63) is 52.0 Å². The van der Waals surface area contributed by atoms with Gasteiger partial charge in [0, 0.05) is 5.69 Å². The number of hydrogen-bond donors (Lipinski definition) is 3. The van der Waals surface area contributed by atoms with E-state index >= 15 is 0 Å². The second-order valence-electron chi connectivity index (χ2n) is 3.89. The molecule has 0 radical (unpaired) electrons. The molecule has 0 aliphatic carbocycles. The monoisotopic (exact) mass is 295 g/mol. The lowest BCUT2D eigenvalue weighted by molar-refractivity contribution is 0.100. The first-order valence-electron chi connectivity index (χ1n) is 5.39. The zero-order valence-corrected chi connectivity index (χ0v) is 11.3. The van der Waals surface area contributed by atoms with E-state index in [0.29, 0.717) is 22.1 Å². The van der Waals surface area contributed by atoms with Crippen LogP contribution in [0.4, 0.5) is 17.1 Å². The largest absolute Gasteiger partial charge is 0.399 e. The minimum atomic E-state index is -0.617. The molecule has 0 saturated heterocycles. The van der Waals surface area contributed by atoms with Crippen LogP contribution in [-0.4, -0.2) is 5.91 Å². The van der Waals surface area contributed by atoms with Crippen molar-refractivity contribution < 1.29 is 4.79 Å². The molecule has 2 aromatic carbocycles. The highest BCUT2D eigenvalue weighted by Crippen LogP contribution is 2.31. The minimum Gasteiger partial charge on any atom is -0.399 e. The number of nitrogens with two attached hydrogens (primary N) is 2. The SMILES string of the molecule is NC(=O)c1c(Cl)cccc1Nc1cc(N)ccc1Cl. The van der Waals surface area contributed by atoms with Gasteiger partial charge in [0.15, 0.2) is 0 Å². The molecule has 0 spiro atoms. The summed E-state index contributed by atoms with van der Waals surface area (Å²) in [5.74, 6) is -0.617. The lowest BCUT2D eigenvalue weighted by Crippen LogP contribution is -2.14. The first kappa shape index (κ1) is 13.5. The molecular weight excluding hydrogens is 285 g/mol. The van der Waals surface area contributed by atoms with Crippen molar-refractivity contribution >= 4 is 46.2 Å². The van der Waals surface area contributed by atoms with Gasteiger partial charge in [0.25, 0.3) is 5.91 Å². The van der Waals surface area contributed by atoms with Gasteiger partial charge in [-0.3, -0.25) is 4.79 Å². The van der Waals surface area contributed by atoms with Crippen LogP contribution in [0.5, 0.6) is 0 Å². The second-order valence-corrected chi connectivity index (χ2v) is 4.71. The number of nitrogens with one attached hydrogen (secondary N) is 1. The van der Waals surface area contributed by atoms with E-state index in [0.717, 1.165) is 0 Å². The van der Waals surface area contributed by atoms with Gasteiger partial charge in [-0.05, 0) is 30.3 Å². The van der Waals surface area contributed by atoms with Gasteiger partial charge in [-0.2, -0.15) is 0 Å². The van der Waals surface area contributed by atoms with E-state index in [1.54, 1.807) is 36.4 Å². The molecule has 0 unspecified atom stereocenters. The summed E-state index contributed by atoms with van der Waals surface area (Å²) in [5.41, 5.74) is 12.8. The van der Waals surface area contributed by atoms with E-state index in [9.17, 15) is 4.79 Å². The zero-order chi connectivity index (χ0) is 14.0. The Morgan fingerprint density at radius 1 is 1.05 bits per heavy atom. The Kier molecular flexibility index (Phi) is 3.83. The average Bonchev–Trinajstić information content (AvgIpc) is 2.33. The summed E-state index contributed by atoms with van der Waals surface area (Å²) in [6.45, 7) is 0. The molecule has 0 atom stereocenters. The standard InChI is InChI=1S/C13H11Cl2N3O/c14-8-5-4-7(16)6-11(8)18-10-3-1-2-9(15)12(10)13(17)19/h1-6,18H,16H2,(H2,17,19). The Morgan fingerprint density at radius 2 is 1.79 bits per heavy atom. The molecule has 2 rings (SSSR count). The van der Waals surface area contributed by atoms with Crippen LogP contribution in [-0.2, 0) is 0 Å². The number of hydrogen-bond acceptors (Lipinski definition) is 3. The van der Waals surface area contributed by atoms with Gasteiger partial charge >= 0.3 is 0 Å². The van der Waals surface area contributed by atoms with Crippen LogP contribution >= 0.6 is 23.2 Å². The molecule has 0 heterocycles. The van der Waals surface area contributed by atoms with Gasteiger partial charge < -0.3 is 16.8 Å². The number of amides is 1. The Hall–Kier alpha value is -1.91. The Labute approximate surface area is 120 Å². The van der Waals surface area contributed by atoms with Gasteiger partial charge in [0.2, 0.25) is 0 Å². The third kappa shape index (κ3) is 2.92. The molecule has 6 heteroatoms. The maximum absolute atomic E-state index is 11.4. The van der Waals surface area contributed by atoms with Gasteiger partial charge in [-0.1, -0.05) is 29.3 Å². The van der Waals surface area contributed by atoms with E-state index < -0.39 is 5.91 Å². The lowest BCUT2D eigenvalue weighted by Gasteiger charge is -2.13. The Bertz CT molecular complexity index is 644. The number of nitrogen functional groups attached to an aromatic ring is 1. The topological polar surface area (TPSA) is 81.1 Å². The zero-order valence-electron chi connectivity index (χ0n) is 9.78. The van der Waals surface area contributed by atoms with Crippen LogP contribution in [0.2, 0.25) is 10.0 Å². The van der Waals surface area contributed by atoms with E-state index in [-0.39, 0.29) is 10.6 Å². The summed E-state index contributed by atoms with van der Waals surface area (Å²) in [6, 6.07) is 9.98. The van der Waals surface area contributed by atoms with Gasteiger partial charge in [-0.15, -0.1) is 0 Å². The van der Waals surface area contributed by atoms with Gasteiger partial charge in [0.1, 0.15) is 0 Å². The molecule has 98 valence electrons. The van der Waals surface area contributed by atoms with E-state index in [1.807, 2.05) is 0 Å². The maximum Gasteiger partial charge on any atom is 0.252 e. The highest BCUT2D eigenvalue weighted by molar-refractivity contribution is 6.35. The first-order chi connectivity index (χ1) is 8.99. The fourth-order valence-electron chi connectivity index (χ4n) is 1.66. The molecule has 2 aromatic rings. The van der Waals surface area contributed by atoms with Crippen molar-refractivity contribution in [2.45, 2.75) is 0 Å². The summed E-state index contributed by atoms with van der Waals surface area (Å²) in [4.78, 5) is 11.4. The summed E-state index contributed by atoms with van der Waals surface area (Å²) >= 11 is 12.0. The van der Waals surface area contributed by atoms with Gasteiger partial charge in [-0.25, -0.2) is 0 Å². The molecule has 0 bridgehead atoms. The number of benzene rings is 2. The lowest BCUT2D eigenvalue weighted by atomic mass is 10.1. The van der Waals surface area contributed by atoms with Crippen LogP contribution in [0.15, 0.2) is 36.4 Å². The van der Waals surface area contributed by atoms with Crippen molar-refractivity contribution in [3.63, 3.8) is 0 Å². The van der Waals surface area contributed by atoms with Crippen LogP contribution in [0.25, 0.3) is 0 Å². The molecule has 0 saturated carbocycles. The number of carbonyl (C=O) groups excluding carboxylic acids is 1. The summed E-state index contributed by atoms with van der Waals surface area (Å²) < 4.78 is 0. The second kappa shape index (κ2) is 5.38. The summed E-state index contributed by atoms with van der Waals surface area (Å²) in [5, 5.41) is 3.76. The third-order valence-corrected chi connectivity index (χ3v) is 3.16. The molecule has 5 N–H and O–H groups in total. The fourth-order valence-corrected chi connectivity index (χ4v) is 2.09. The molecule has 4 nitrogen and oxygen atoms in total. The first-order valence-corrected chi connectivity index (χ1v) is 6.15. The van der Waals surface area contributed by atoms with Gasteiger partial charge in [0.05, 0.1) is 27.0 Å². The van der Waals surface area contributed by atoms with E-state index in [2.05, 4.69) is 5.32 Å². The molecule has 19 heavy (non-hydrogen) atoms. The molecule has 0 fully saturated rings. The average molecular weight is 296 g/mol. The normalized spacial score (nSPS) is 10.2. The number of anilines is 3. The van der Waals surface area contributed by atoms with Crippen LogP contribution in [0.3, 0.4) is 0 Å². The fraction of sp³-hybridized carbons (Fsp3) is 0. The quantitative estimate of drug-likeness (QED) is 0.759. The summed E-state index contributed by atoms with van der Waals surface area (Å²) in [6.07, 6.45) is 0. The molecular formula is C13H11Cl2N3O. The van der Waals surface area contributed by atoms with Crippen LogP contribution in [0, 0.1) is 0 Å². The number of primary amides is 1. The number of rotatable bonds is 3. The Balaban J connectivity index is 2.46. The smallest absolute Gasteiger partial charge is 0.252 e. The molecule has 1 amide bonds. The predicted molar refractivity (Wildman–Crippen MR) is 79.1 cm³/mol. The predicted octanol–water partition coefficient (Wildman–Crippen LogP) is 3.42. The van der Waals surface area contributed by atoms with Crippen molar-refractivity contribution in [2.75, 3.05) is 11.1 Å². The molecule has 0 aromatic heterocycles. The van der Waals surface area contributed by atoms with E-state index in [4.69, 9.17) is 34.7 Å². The number of halogens is 2. The molecule has 0 aliphatic heterocycles. The van der Waals surface area contributed by atoms with Crippen LogP contribution < -0.4 is 16.8 Å². The minimum absolute atomic E-state index is 0.211. The van der Waals surface area contributed by atoms with Crippen molar-refractivity contribution in [3.8, 4) is 0 Å². The highest BCUT2D eigenvalue weighted by Gasteiger charge is 2.13. The summed E-state index contributed by atoms with van der Waals surface area (Å²) in [7, 11) is 0. The Morgan fingerprint density at radius 3 is 2.47 bits per heavy atom. The third-order valence-electron chi connectivity index (χ3n) is 2.52. The van der Waals surface area contributed by atoms with Crippen molar-refractivity contribution in [1.29, 1.82) is 0 Å². The maximum atomic E-state index is 11.4. The van der Waals surface area contributed by atoms with Crippen LogP contribution in [0.1, 0.15) is 10.4 Å². The highest BCUT2D eigenvalue weighted by atomic mass is 35.5. The van der Waals surface area contributed by atoms with Crippen molar-refractivity contribution in [1.82, 2.24) is 0 Å². The molecule has 0 aliphatic rings. The number of carbonyl (C=O) groups is 1.